The summed E-state index contributed by atoms with van der Waals surface area (Å²) >= 11 is 0. The Morgan fingerprint density at radius 1 is 0.522 bits per heavy atom. The van der Waals surface area contributed by atoms with Crippen LogP contribution in [0.5, 0.6) is 0 Å². The summed E-state index contributed by atoms with van der Waals surface area (Å²) in [6.45, 7) is 5.20. The van der Waals surface area contributed by atoms with Crippen LogP contribution in [0.25, 0.3) is 65.8 Å². The monoisotopic (exact) mass is 589 g/mol. The first-order chi connectivity index (χ1) is 22.7. The molecule has 0 fully saturated rings. The summed E-state index contributed by atoms with van der Waals surface area (Å²) in [4.78, 5) is 0. The van der Waals surface area contributed by atoms with Crippen molar-refractivity contribution in [2.45, 2.75) is 12.8 Å². The van der Waals surface area contributed by atoms with Gasteiger partial charge in [0.15, 0.2) is 0 Å². The van der Waals surface area contributed by atoms with Gasteiger partial charge in [-0.2, -0.15) is 0 Å². The van der Waals surface area contributed by atoms with E-state index in [1.807, 2.05) is 0 Å². The van der Waals surface area contributed by atoms with Gasteiger partial charge in [-0.15, -0.1) is 0 Å². The summed E-state index contributed by atoms with van der Waals surface area (Å²) < 4.78 is 0. The van der Waals surface area contributed by atoms with Gasteiger partial charge in [0.1, 0.15) is 0 Å². The lowest BCUT2D eigenvalue weighted by Crippen LogP contribution is -2.16. The molecule has 1 aliphatic rings. The van der Waals surface area contributed by atoms with Gasteiger partial charge in [-0.05, 0) is 90.2 Å². The molecule has 0 aliphatic heterocycles. The average Bonchev–Trinajstić information content (AvgIpc) is 3.14. The quantitative estimate of drug-likeness (QED) is 0.182. The zero-order valence-electron chi connectivity index (χ0n) is 25.8. The lowest BCUT2D eigenvalue weighted by molar-refractivity contribution is 0.864. The van der Waals surface area contributed by atoms with Gasteiger partial charge in [0.05, 0.1) is 0 Å². The molecular formula is C45H35N. The highest BCUT2D eigenvalue weighted by atomic mass is 14.9. The van der Waals surface area contributed by atoms with Crippen molar-refractivity contribution in [3.63, 3.8) is 0 Å². The Morgan fingerprint density at radius 3 is 1.91 bits per heavy atom. The van der Waals surface area contributed by atoms with Crippen LogP contribution in [0.3, 0.4) is 0 Å². The van der Waals surface area contributed by atoms with Crippen LogP contribution in [0.15, 0.2) is 170 Å². The molecule has 0 amide bonds. The Labute approximate surface area is 270 Å². The second-order valence-electron chi connectivity index (χ2n) is 12.2. The molecule has 7 aromatic rings. The highest BCUT2D eigenvalue weighted by Gasteiger charge is 2.14. The number of hydrogen-bond acceptors (Lipinski definition) is 1. The number of nitrogens with one attached hydrogen (secondary N) is 1. The van der Waals surface area contributed by atoms with E-state index in [9.17, 15) is 0 Å². The van der Waals surface area contributed by atoms with Crippen molar-refractivity contribution in [3.05, 3.63) is 181 Å². The Bertz CT molecular complexity index is 2300. The van der Waals surface area contributed by atoms with E-state index in [-0.39, 0.29) is 0 Å². The van der Waals surface area contributed by atoms with Gasteiger partial charge in [-0.1, -0.05) is 164 Å². The molecule has 1 N–H and O–H groups in total. The minimum atomic E-state index is 0.809. The molecule has 7 aromatic carbocycles. The standard InChI is InChI=1S/C45H35N/c1-31(46-30-32-15-17-35(18-16-32)34-9-3-2-4-10-34)33-19-24-39(25-20-33)45-42-14-8-6-12-37(42)27-28-43(45)40-26-23-38-22-21-36-11-5-7-13-41(36)44(38)29-40/h2-15,17,19-29,46H,1,16,18,30H2. The Balaban J connectivity index is 1.09. The predicted molar refractivity (Wildman–Crippen MR) is 199 cm³/mol. The third-order valence-electron chi connectivity index (χ3n) is 9.42. The van der Waals surface area contributed by atoms with Gasteiger partial charge in [-0.3, -0.25) is 0 Å². The Morgan fingerprint density at radius 2 is 1.15 bits per heavy atom. The van der Waals surface area contributed by atoms with E-state index < -0.39 is 0 Å². The molecule has 0 unspecified atom stereocenters. The van der Waals surface area contributed by atoms with Gasteiger partial charge in [-0.25, -0.2) is 0 Å². The van der Waals surface area contributed by atoms with E-state index in [2.05, 4.69) is 170 Å². The maximum absolute atomic E-state index is 4.39. The first kappa shape index (κ1) is 27.9. The molecule has 1 heteroatoms. The Kier molecular flexibility index (Phi) is 7.28. The molecule has 0 saturated heterocycles. The molecule has 220 valence electrons. The Hall–Kier alpha value is -5.66. The predicted octanol–water partition coefficient (Wildman–Crippen LogP) is 11.8. The highest BCUT2D eigenvalue weighted by Crippen LogP contribution is 2.40. The number of rotatable bonds is 7. The number of fused-ring (bicyclic) bond motifs is 4. The van der Waals surface area contributed by atoms with Gasteiger partial charge in [0.25, 0.3) is 0 Å². The number of hydrogen-bond donors (Lipinski definition) is 1. The molecule has 0 aromatic heterocycles. The molecule has 1 nitrogen and oxygen atoms in total. The summed E-state index contributed by atoms with van der Waals surface area (Å²) in [5.74, 6) is 0. The second kappa shape index (κ2) is 12.0. The first-order valence-corrected chi connectivity index (χ1v) is 16.1. The van der Waals surface area contributed by atoms with Crippen molar-refractivity contribution >= 4 is 43.6 Å². The van der Waals surface area contributed by atoms with Crippen molar-refractivity contribution in [2.75, 3.05) is 6.54 Å². The fourth-order valence-corrected chi connectivity index (χ4v) is 6.87. The summed E-state index contributed by atoms with van der Waals surface area (Å²) in [6, 6.07) is 52.8. The van der Waals surface area contributed by atoms with Crippen LogP contribution in [0.2, 0.25) is 0 Å². The molecule has 46 heavy (non-hydrogen) atoms. The first-order valence-electron chi connectivity index (χ1n) is 16.1. The SMILES string of the molecule is C=C(NCC1=CC=C(c2ccccc2)CC1)c1ccc(-c2c(-c3ccc4ccc5ccccc5c4c3)ccc3ccccc23)cc1. The zero-order valence-corrected chi connectivity index (χ0v) is 25.8. The van der Waals surface area contributed by atoms with Crippen LogP contribution < -0.4 is 5.32 Å². The minimum Gasteiger partial charge on any atom is -0.381 e. The normalized spacial score (nSPS) is 13.0. The van der Waals surface area contributed by atoms with Crippen molar-refractivity contribution in [1.29, 1.82) is 0 Å². The van der Waals surface area contributed by atoms with Crippen molar-refractivity contribution in [1.82, 2.24) is 5.32 Å². The van der Waals surface area contributed by atoms with Gasteiger partial charge in [0.2, 0.25) is 0 Å². The molecule has 0 heterocycles. The molecule has 0 saturated carbocycles. The average molecular weight is 590 g/mol. The lowest BCUT2D eigenvalue weighted by atomic mass is 9.88. The summed E-state index contributed by atoms with van der Waals surface area (Å²) in [7, 11) is 0. The van der Waals surface area contributed by atoms with E-state index in [4.69, 9.17) is 0 Å². The van der Waals surface area contributed by atoms with Crippen LogP contribution in [0, 0.1) is 0 Å². The minimum absolute atomic E-state index is 0.809. The van der Waals surface area contributed by atoms with E-state index >= 15 is 0 Å². The van der Waals surface area contributed by atoms with Crippen LogP contribution in [-0.4, -0.2) is 6.54 Å². The molecular weight excluding hydrogens is 555 g/mol. The highest BCUT2D eigenvalue weighted by molar-refractivity contribution is 6.10. The van der Waals surface area contributed by atoms with Gasteiger partial charge < -0.3 is 5.32 Å². The van der Waals surface area contributed by atoms with Crippen LogP contribution in [0.4, 0.5) is 0 Å². The topological polar surface area (TPSA) is 12.0 Å². The van der Waals surface area contributed by atoms with E-state index in [1.165, 1.54) is 71.3 Å². The van der Waals surface area contributed by atoms with Crippen molar-refractivity contribution in [2.24, 2.45) is 0 Å². The largest absolute Gasteiger partial charge is 0.381 e. The van der Waals surface area contributed by atoms with Crippen LogP contribution in [-0.2, 0) is 0 Å². The smallest absolute Gasteiger partial charge is 0.0363 e. The molecule has 0 atom stereocenters. The van der Waals surface area contributed by atoms with Crippen LogP contribution in [0.1, 0.15) is 24.0 Å². The maximum atomic E-state index is 4.39. The van der Waals surface area contributed by atoms with Gasteiger partial charge in [0, 0.05) is 12.2 Å². The fraction of sp³-hybridized carbons (Fsp3) is 0.0667. The van der Waals surface area contributed by atoms with Crippen molar-refractivity contribution < 1.29 is 0 Å². The lowest BCUT2D eigenvalue weighted by Gasteiger charge is -2.18. The van der Waals surface area contributed by atoms with Crippen LogP contribution >= 0.6 is 0 Å². The second-order valence-corrected chi connectivity index (χ2v) is 12.2. The summed E-state index contributed by atoms with van der Waals surface area (Å²) in [5.41, 5.74) is 11.1. The molecule has 8 rings (SSSR count). The number of allylic oxidation sites excluding steroid dienone is 3. The van der Waals surface area contributed by atoms with Crippen molar-refractivity contribution in [3.8, 4) is 22.3 Å². The molecule has 0 radical (unpaired) electrons. The fourth-order valence-electron chi connectivity index (χ4n) is 6.87. The molecule has 0 spiro atoms. The zero-order chi connectivity index (χ0) is 30.9. The third kappa shape index (κ3) is 5.31. The summed E-state index contributed by atoms with van der Waals surface area (Å²) in [6.07, 6.45) is 6.67. The molecule has 0 bridgehead atoms. The number of benzene rings is 7. The van der Waals surface area contributed by atoms with E-state index in [0.29, 0.717) is 0 Å². The molecule has 1 aliphatic carbocycles. The maximum Gasteiger partial charge on any atom is 0.0363 e. The summed E-state index contributed by atoms with van der Waals surface area (Å²) in [5, 5.41) is 11.2. The van der Waals surface area contributed by atoms with Gasteiger partial charge >= 0.3 is 0 Å². The van der Waals surface area contributed by atoms with E-state index in [0.717, 1.165) is 30.6 Å². The van der Waals surface area contributed by atoms with E-state index in [1.54, 1.807) is 0 Å². The third-order valence-corrected chi connectivity index (χ3v) is 9.42.